The molecule has 7 heteroatoms. The molecule has 0 bridgehead atoms. The summed E-state index contributed by atoms with van der Waals surface area (Å²) < 4.78 is 0. The summed E-state index contributed by atoms with van der Waals surface area (Å²) in [5.41, 5.74) is 2.92. The van der Waals surface area contributed by atoms with E-state index in [1.54, 1.807) is 24.3 Å². The van der Waals surface area contributed by atoms with Crippen LogP contribution < -0.4 is 16.0 Å². The van der Waals surface area contributed by atoms with Crippen molar-refractivity contribution in [3.63, 3.8) is 0 Å². The van der Waals surface area contributed by atoms with Crippen LogP contribution in [-0.2, 0) is 4.79 Å². The molecule has 0 fully saturated rings. The number of phenolic OH excluding ortho intramolecular Hbond substituents is 1. The summed E-state index contributed by atoms with van der Waals surface area (Å²) in [5.74, 6) is -0.895. The first-order chi connectivity index (χ1) is 15.5. The van der Waals surface area contributed by atoms with Crippen molar-refractivity contribution < 1.29 is 19.5 Å². The fraction of sp³-hybridized carbons (Fsp3) is 0.160. The largest absolute Gasteiger partial charge is 0.508 e. The summed E-state index contributed by atoms with van der Waals surface area (Å²) >= 11 is 0. The van der Waals surface area contributed by atoms with Gasteiger partial charge in [0, 0.05) is 24.2 Å². The third kappa shape index (κ3) is 6.70. The standard InChI is InChI=1S/C25H25N3O4/c29-22-9-4-8-21(16-22)25(32)27-15-5-14-26-23(30)17-28-24(31)20-12-10-19(11-13-20)18-6-2-1-3-7-18/h1-4,6-13,16,29H,5,14-15,17H2,(H,26,30)(H,27,32)(H,28,31). The van der Waals surface area contributed by atoms with Crippen LogP contribution in [0, 0.1) is 0 Å². The summed E-state index contributed by atoms with van der Waals surface area (Å²) in [6.45, 7) is 0.602. The lowest BCUT2D eigenvalue weighted by Gasteiger charge is -2.09. The normalized spacial score (nSPS) is 10.2. The van der Waals surface area contributed by atoms with Gasteiger partial charge in [0.25, 0.3) is 11.8 Å². The number of phenols is 1. The van der Waals surface area contributed by atoms with Gasteiger partial charge in [-0.05, 0) is 47.9 Å². The maximum Gasteiger partial charge on any atom is 0.251 e. The number of aromatic hydroxyl groups is 1. The molecule has 7 nitrogen and oxygen atoms in total. The molecule has 164 valence electrons. The SMILES string of the molecule is O=C(CNC(=O)c1ccc(-c2ccccc2)cc1)NCCCNC(=O)c1cccc(O)c1. The summed E-state index contributed by atoms with van der Waals surface area (Å²) in [6.07, 6.45) is 0.533. The molecule has 0 saturated heterocycles. The fourth-order valence-electron chi connectivity index (χ4n) is 3.04. The topological polar surface area (TPSA) is 108 Å². The number of benzene rings is 3. The number of carbonyl (C=O) groups is 3. The molecule has 32 heavy (non-hydrogen) atoms. The molecule has 3 amide bonds. The van der Waals surface area contributed by atoms with Crippen LogP contribution in [0.15, 0.2) is 78.9 Å². The number of amides is 3. The van der Waals surface area contributed by atoms with Gasteiger partial charge in [0.1, 0.15) is 5.75 Å². The minimum atomic E-state index is -0.321. The lowest BCUT2D eigenvalue weighted by molar-refractivity contribution is -0.120. The molecule has 0 unspecified atom stereocenters. The molecule has 0 aromatic heterocycles. The van der Waals surface area contributed by atoms with Crippen molar-refractivity contribution in [1.82, 2.24) is 16.0 Å². The Morgan fingerprint density at radius 1 is 0.656 bits per heavy atom. The molecule has 3 aromatic rings. The maximum atomic E-state index is 12.3. The Labute approximate surface area is 186 Å². The van der Waals surface area contributed by atoms with Crippen LogP contribution in [0.3, 0.4) is 0 Å². The number of carbonyl (C=O) groups excluding carboxylic acids is 3. The van der Waals surface area contributed by atoms with Crippen LogP contribution in [-0.4, -0.2) is 42.5 Å². The van der Waals surface area contributed by atoms with E-state index in [0.717, 1.165) is 11.1 Å². The first kappa shape index (κ1) is 22.6. The second-order valence-electron chi connectivity index (χ2n) is 7.14. The van der Waals surface area contributed by atoms with Crippen molar-refractivity contribution in [2.75, 3.05) is 19.6 Å². The average Bonchev–Trinajstić information content (AvgIpc) is 2.83. The molecule has 0 aliphatic carbocycles. The number of nitrogens with one attached hydrogen (secondary N) is 3. The fourth-order valence-corrected chi connectivity index (χ4v) is 3.04. The predicted octanol–water partition coefficient (Wildman–Crippen LogP) is 2.73. The predicted molar refractivity (Wildman–Crippen MR) is 122 cm³/mol. The van der Waals surface area contributed by atoms with E-state index in [1.807, 2.05) is 42.5 Å². The van der Waals surface area contributed by atoms with E-state index < -0.39 is 0 Å². The Bertz CT molecular complexity index is 1070. The monoisotopic (exact) mass is 431 g/mol. The molecule has 3 rings (SSSR count). The summed E-state index contributed by atoms with van der Waals surface area (Å²) in [6, 6.07) is 23.1. The maximum absolute atomic E-state index is 12.3. The molecule has 0 spiro atoms. The van der Waals surface area contributed by atoms with Gasteiger partial charge in [-0.2, -0.15) is 0 Å². The van der Waals surface area contributed by atoms with Gasteiger partial charge in [0.05, 0.1) is 6.54 Å². The Kier molecular flexibility index (Phi) is 7.97. The van der Waals surface area contributed by atoms with Gasteiger partial charge in [-0.25, -0.2) is 0 Å². The van der Waals surface area contributed by atoms with Crippen molar-refractivity contribution in [2.45, 2.75) is 6.42 Å². The lowest BCUT2D eigenvalue weighted by Crippen LogP contribution is -2.38. The van der Waals surface area contributed by atoms with E-state index in [-0.39, 0.29) is 30.0 Å². The van der Waals surface area contributed by atoms with Gasteiger partial charge in [0.2, 0.25) is 5.91 Å². The van der Waals surface area contributed by atoms with Crippen molar-refractivity contribution in [3.8, 4) is 16.9 Å². The van der Waals surface area contributed by atoms with Crippen LogP contribution in [0.1, 0.15) is 27.1 Å². The highest BCUT2D eigenvalue weighted by atomic mass is 16.3. The van der Waals surface area contributed by atoms with E-state index in [9.17, 15) is 19.5 Å². The molecule has 0 aliphatic heterocycles. The molecule has 4 N–H and O–H groups in total. The van der Waals surface area contributed by atoms with E-state index in [2.05, 4.69) is 16.0 Å². The molecule has 0 atom stereocenters. The number of hydrogen-bond donors (Lipinski definition) is 4. The van der Waals surface area contributed by atoms with Gasteiger partial charge in [0.15, 0.2) is 0 Å². The Morgan fingerprint density at radius 2 is 1.31 bits per heavy atom. The zero-order valence-corrected chi connectivity index (χ0v) is 17.5. The highest BCUT2D eigenvalue weighted by molar-refractivity contribution is 5.97. The average molecular weight is 431 g/mol. The number of rotatable bonds is 9. The highest BCUT2D eigenvalue weighted by Gasteiger charge is 2.09. The summed E-state index contributed by atoms with van der Waals surface area (Å²) in [7, 11) is 0. The van der Waals surface area contributed by atoms with Gasteiger partial charge in [-0.1, -0.05) is 48.5 Å². The Hall–Kier alpha value is -4.13. The number of hydrogen-bond acceptors (Lipinski definition) is 4. The molecule has 0 radical (unpaired) electrons. The van der Waals surface area contributed by atoms with Gasteiger partial charge < -0.3 is 21.1 Å². The minimum Gasteiger partial charge on any atom is -0.508 e. The third-order valence-corrected chi connectivity index (χ3v) is 4.73. The first-order valence-electron chi connectivity index (χ1n) is 10.3. The Balaban J connectivity index is 1.33. The van der Waals surface area contributed by atoms with E-state index >= 15 is 0 Å². The van der Waals surface area contributed by atoms with Crippen molar-refractivity contribution in [2.24, 2.45) is 0 Å². The summed E-state index contributed by atoms with van der Waals surface area (Å²) in [4.78, 5) is 36.1. The third-order valence-electron chi connectivity index (χ3n) is 4.73. The first-order valence-corrected chi connectivity index (χ1v) is 10.3. The second-order valence-corrected chi connectivity index (χ2v) is 7.14. The van der Waals surface area contributed by atoms with Crippen LogP contribution in [0.5, 0.6) is 5.75 Å². The summed E-state index contributed by atoms with van der Waals surface area (Å²) in [5, 5.41) is 17.4. The van der Waals surface area contributed by atoms with Crippen LogP contribution in [0.2, 0.25) is 0 Å². The van der Waals surface area contributed by atoms with Crippen LogP contribution in [0.4, 0.5) is 0 Å². The van der Waals surface area contributed by atoms with Gasteiger partial charge in [-0.3, -0.25) is 14.4 Å². The molecule has 0 saturated carbocycles. The van der Waals surface area contributed by atoms with Crippen LogP contribution >= 0.6 is 0 Å². The second kappa shape index (κ2) is 11.3. The molecule has 0 aliphatic rings. The van der Waals surface area contributed by atoms with E-state index in [0.29, 0.717) is 30.6 Å². The zero-order valence-electron chi connectivity index (χ0n) is 17.5. The van der Waals surface area contributed by atoms with Crippen molar-refractivity contribution >= 4 is 17.7 Å². The Morgan fingerprint density at radius 3 is 2.03 bits per heavy atom. The van der Waals surface area contributed by atoms with E-state index in [4.69, 9.17) is 0 Å². The lowest BCUT2D eigenvalue weighted by atomic mass is 10.0. The molecule has 0 heterocycles. The van der Waals surface area contributed by atoms with Crippen molar-refractivity contribution in [1.29, 1.82) is 0 Å². The zero-order chi connectivity index (χ0) is 22.8. The molecule has 3 aromatic carbocycles. The smallest absolute Gasteiger partial charge is 0.251 e. The van der Waals surface area contributed by atoms with E-state index in [1.165, 1.54) is 12.1 Å². The quantitative estimate of drug-likeness (QED) is 0.391. The molecular weight excluding hydrogens is 406 g/mol. The minimum absolute atomic E-state index is 0.0269. The highest BCUT2D eigenvalue weighted by Crippen LogP contribution is 2.19. The molecular formula is C25H25N3O4. The van der Waals surface area contributed by atoms with Gasteiger partial charge >= 0.3 is 0 Å². The van der Waals surface area contributed by atoms with Crippen molar-refractivity contribution in [3.05, 3.63) is 90.0 Å². The van der Waals surface area contributed by atoms with Crippen LogP contribution in [0.25, 0.3) is 11.1 Å². The van der Waals surface area contributed by atoms with Gasteiger partial charge in [-0.15, -0.1) is 0 Å².